The van der Waals surface area contributed by atoms with E-state index in [4.69, 9.17) is 18.6 Å². The highest BCUT2D eigenvalue weighted by atomic mass is 16.6. The smallest absolute Gasteiger partial charge is 0.340 e. The molecule has 6 heteroatoms. The molecule has 144 valence electrons. The molecule has 1 fully saturated rings. The number of carbonyl (C=O) groups is 1. The number of benzene rings is 2. The van der Waals surface area contributed by atoms with Crippen molar-refractivity contribution in [2.24, 2.45) is 0 Å². The van der Waals surface area contributed by atoms with Gasteiger partial charge in [0.2, 0.25) is 11.2 Å². The van der Waals surface area contributed by atoms with Crippen LogP contribution in [0, 0.1) is 13.8 Å². The second-order valence-electron chi connectivity index (χ2n) is 6.94. The first-order valence-corrected chi connectivity index (χ1v) is 9.14. The first-order chi connectivity index (χ1) is 13.5. The summed E-state index contributed by atoms with van der Waals surface area (Å²) in [5.74, 6) is 0.543. The number of ether oxygens (including phenoxy) is 3. The van der Waals surface area contributed by atoms with E-state index in [1.807, 2.05) is 32.0 Å². The van der Waals surface area contributed by atoms with Crippen LogP contribution in [0.4, 0.5) is 0 Å². The lowest BCUT2D eigenvalue weighted by atomic mass is 10.1. The lowest BCUT2D eigenvalue weighted by molar-refractivity contribution is -0.144. The van der Waals surface area contributed by atoms with Gasteiger partial charge in [0.25, 0.3) is 0 Å². The highest BCUT2D eigenvalue weighted by Crippen LogP contribution is 2.26. The predicted octanol–water partition coefficient (Wildman–Crippen LogP) is 4.29. The third-order valence-corrected chi connectivity index (χ3v) is 4.55. The molecule has 4 rings (SSSR count). The van der Waals surface area contributed by atoms with Gasteiger partial charge in [-0.2, -0.15) is 0 Å². The number of hydrogen-bond donors (Lipinski definition) is 0. The van der Waals surface area contributed by atoms with E-state index in [-0.39, 0.29) is 11.2 Å². The van der Waals surface area contributed by atoms with Crippen LogP contribution in [0.25, 0.3) is 11.0 Å². The van der Waals surface area contributed by atoms with E-state index >= 15 is 0 Å². The van der Waals surface area contributed by atoms with Crippen LogP contribution >= 0.6 is 0 Å². The molecule has 1 atom stereocenters. The number of carbonyl (C=O) groups excluding carboxylic acids is 1. The summed E-state index contributed by atoms with van der Waals surface area (Å²) in [7, 11) is 0. The molecular weight excluding hydrogens is 360 g/mol. The summed E-state index contributed by atoms with van der Waals surface area (Å²) < 4.78 is 21.9. The van der Waals surface area contributed by atoms with Crippen molar-refractivity contribution in [2.45, 2.75) is 32.8 Å². The van der Waals surface area contributed by atoms with Crippen LogP contribution < -0.4 is 14.9 Å². The first-order valence-electron chi connectivity index (χ1n) is 9.14. The molecule has 1 saturated heterocycles. The van der Waals surface area contributed by atoms with Gasteiger partial charge in [-0.1, -0.05) is 6.07 Å². The van der Waals surface area contributed by atoms with Crippen LogP contribution in [0.15, 0.2) is 51.9 Å². The fourth-order valence-corrected chi connectivity index (χ4v) is 3.29. The molecule has 3 aromatic rings. The SMILES string of the molecule is Cc1cc(C)cc(Oc2coc3cc(OC(=O)[C@@H]4CCCO4)ccc3c2=O)c1. The van der Waals surface area contributed by atoms with E-state index in [9.17, 15) is 9.59 Å². The lowest BCUT2D eigenvalue weighted by Crippen LogP contribution is -2.24. The Labute approximate surface area is 161 Å². The number of aryl methyl sites for hydroxylation is 2. The van der Waals surface area contributed by atoms with E-state index in [2.05, 4.69) is 0 Å². The largest absolute Gasteiger partial charge is 0.460 e. The third-order valence-electron chi connectivity index (χ3n) is 4.55. The summed E-state index contributed by atoms with van der Waals surface area (Å²) >= 11 is 0. The van der Waals surface area contributed by atoms with E-state index in [0.29, 0.717) is 35.5 Å². The quantitative estimate of drug-likeness (QED) is 0.497. The minimum Gasteiger partial charge on any atom is -0.460 e. The highest BCUT2D eigenvalue weighted by Gasteiger charge is 2.25. The minimum atomic E-state index is -0.531. The van der Waals surface area contributed by atoms with Crippen molar-refractivity contribution < 1.29 is 23.4 Å². The molecule has 1 aromatic heterocycles. The van der Waals surface area contributed by atoms with Crippen molar-refractivity contribution in [2.75, 3.05) is 6.61 Å². The van der Waals surface area contributed by atoms with Gasteiger partial charge < -0.3 is 18.6 Å². The molecule has 6 nitrogen and oxygen atoms in total. The van der Waals surface area contributed by atoms with Crippen molar-refractivity contribution in [3.05, 3.63) is 64.0 Å². The Kier molecular flexibility index (Phi) is 4.88. The van der Waals surface area contributed by atoms with Crippen LogP contribution in [0.3, 0.4) is 0 Å². The molecule has 0 spiro atoms. The minimum absolute atomic E-state index is 0.0987. The summed E-state index contributed by atoms with van der Waals surface area (Å²) in [6.07, 6.45) is 2.24. The van der Waals surface area contributed by atoms with Crippen LogP contribution in [0.5, 0.6) is 17.2 Å². The van der Waals surface area contributed by atoms with Crippen molar-refractivity contribution in [3.63, 3.8) is 0 Å². The maximum atomic E-state index is 12.7. The van der Waals surface area contributed by atoms with Gasteiger partial charge in [-0.15, -0.1) is 0 Å². The van der Waals surface area contributed by atoms with Crippen LogP contribution in [0.2, 0.25) is 0 Å². The van der Waals surface area contributed by atoms with E-state index in [1.54, 1.807) is 12.1 Å². The zero-order valence-electron chi connectivity index (χ0n) is 15.7. The molecule has 1 aliphatic rings. The third kappa shape index (κ3) is 3.77. The van der Waals surface area contributed by atoms with Gasteiger partial charge in [-0.3, -0.25) is 4.79 Å². The molecule has 1 aliphatic heterocycles. The summed E-state index contributed by atoms with van der Waals surface area (Å²) in [4.78, 5) is 24.8. The fraction of sp³-hybridized carbons (Fsp3) is 0.273. The molecular formula is C22H20O6. The molecule has 0 unspecified atom stereocenters. The van der Waals surface area contributed by atoms with Crippen LogP contribution in [0.1, 0.15) is 24.0 Å². The molecule has 28 heavy (non-hydrogen) atoms. The Balaban J connectivity index is 1.59. The number of rotatable bonds is 4. The van der Waals surface area contributed by atoms with Crippen LogP contribution in [-0.4, -0.2) is 18.7 Å². The number of fused-ring (bicyclic) bond motifs is 1. The zero-order chi connectivity index (χ0) is 19.7. The molecule has 2 heterocycles. The second-order valence-corrected chi connectivity index (χ2v) is 6.94. The van der Waals surface area contributed by atoms with Crippen molar-refractivity contribution in [1.29, 1.82) is 0 Å². The normalized spacial score (nSPS) is 16.3. The summed E-state index contributed by atoms with van der Waals surface area (Å²) in [6.45, 7) is 4.49. The summed E-state index contributed by atoms with van der Waals surface area (Å²) in [5.41, 5.74) is 2.10. The Morgan fingerprint density at radius 2 is 1.86 bits per heavy atom. The molecule has 2 aromatic carbocycles. The van der Waals surface area contributed by atoms with E-state index < -0.39 is 12.1 Å². The molecule has 0 bridgehead atoms. The van der Waals surface area contributed by atoms with Crippen molar-refractivity contribution in [1.82, 2.24) is 0 Å². The van der Waals surface area contributed by atoms with Gasteiger partial charge in [-0.25, -0.2) is 4.79 Å². The Hall–Kier alpha value is -3.12. The highest BCUT2D eigenvalue weighted by molar-refractivity contribution is 5.82. The summed E-state index contributed by atoms with van der Waals surface area (Å²) in [6, 6.07) is 10.4. The number of hydrogen-bond acceptors (Lipinski definition) is 6. The Morgan fingerprint density at radius 1 is 1.07 bits per heavy atom. The van der Waals surface area contributed by atoms with Gasteiger partial charge in [-0.05, 0) is 62.1 Å². The van der Waals surface area contributed by atoms with Crippen molar-refractivity contribution >= 4 is 16.9 Å². The van der Waals surface area contributed by atoms with Gasteiger partial charge >= 0.3 is 5.97 Å². The average Bonchev–Trinajstić information content (AvgIpc) is 3.18. The second kappa shape index (κ2) is 7.48. The fourth-order valence-electron chi connectivity index (χ4n) is 3.29. The molecule has 0 aliphatic carbocycles. The zero-order valence-corrected chi connectivity index (χ0v) is 15.7. The van der Waals surface area contributed by atoms with E-state index in [0.717, 1.165) is 17.5 Å². The maximum absolute atomic E-state index is 12.7. The number of esters is 1. The monoisotopic (exact) mass is 380 g/mol. The van der Waals surface area contributed by atoms with Gasteiger partial charge in [0.1, 0.15) is 23.3 Å². The van der Waals surface area contributed by atoms with Crippen molar-refractivity contribution in [3.8, 4) is 17.2 Å². The average molecular weight is 380 g/mol. The molecule has 0 amide bonds. The predicted molar refractivity (Wildman–Crippen MR) is 103 cm³/mol. The first kappa shape index (κ1) is 18.3. The topological polar surface area (TPSA) is 75.0 Å². The molecule has 0 radical (unpaired) electrons. The van der Waals surface area contributed by atoms with Crippen LogP contribution in [-0.2, 0) is 9.53 Å². The van der Waals surface area contributed by atoms with Gasteiger partial charge in [0, 0.05) is 12.7 Å². The summed E-state index contributed by atoms with van der Waals surface area (Å²) in [5, 5.41) is 0.346. The van der Waals surface area contributed by atoms with E-state index in [1.165, 1.54) is 12.3 Å². The van der Waals surface area contributed by atoms with Gasteiger partial charge in [0.15, 0.2) is 6.10 Å². The Bertz CT molecular complexity index is 1070. The Morgan fingerprint density at radius 3 is 2.57 bits per heavy atom. The van der Waals surface area contributed by atoms with Gasteiger partial charge in [0.05, 0.1) is 5.39 Å². The maximum Gasteiger partial charge on any atom is 0.340 e. The standard InChI is InChI=1S/C22H20O6/c1-13-8-14(2)10-16(9-13)27-20-12-26-19-11-15(5-6-17(19)21(20)23)28-22(24)18-4-3-7-25-18/h5-6,8-12,18H,3-4,7H2,1-2H3/t18-/m0/s1. The molecule has 0 N–H and O–H groups in total. The molecule has 0 saturated carbocycles. The lowest BCUT2D eigenvalue weighted by Gasteiger charge is -2.10.